The van der Waals surface area contributed by atoms with Gasteiger partial charge in [0.05, 0.1) is 18.8 Å². The molecule has 2 aromatic carbocycles. The largest absolute Gasteiger partial charge is 0.490 e. The molecule has 0 unspecified atom stereocenters. The predicted molar refractivity (Wildman–Crippen MR) is 125 cm³/mol. The Morgan fingerprint density at radius 1 is 0.688 bits per heavy atom. The number of esters is 1. The zero-order valence-electron chi connectivity index (χ0n) is 18.4. The molecule has 0 fully saturated rings. The summed E-state index contributed by atoms with van der Waals surface area (Å²) in [6, 6.07) is 21.4. The van der Waals surface area contributed by atoms with E-state index in [-0.39, 0.29) is 5.97 Å². The summed E-state index contributed by atoms with van der Waals surface area (Å²) in [5.74, 6) is 1.26. The van der Waals surface area contributed by atoms with Crippen molar-refractivity contribution in [2.24, 2.45) is 0 Å². The molecule has 0 bridgehead atoms. The number of carbonyl (C=O) groups is 1. The molecule has 0 aliphatic rings. The molecule has 32 heavy (non-hydrogen) atoms. The molecule has 3 aromatic rings. The van der Waals surface area contributed by atoms with Crippen LogP contribution in [0.15, 0.2) is 79.1 Å². The summed E-state index contributed by atoms with van der Waals surface area (Å²) in [5, 5.41) is 0. The molecule has 0 saturated heterocycles. The number of unbranched alkanes of at least 4 members (excludes halogenated alkanes) is 5. The topological polar surface area (TPSA) is 57.7 Å². The zero-order chi connectivity index (χ0) is 22.3. The van der Waals surface area contributed by atoms with Gasteiger partial charge in [-0.2, -0.15) is 0 Å². The van der Waals surface area contributed by atoms with Gasteiger partial charge in [0.2, 0.25) is 0 Å². The summed E-state index contributed by atoms with van der Waals surface area (Å²) in [6.07, 6.45) is 9.49. The standard InChI is InChI=1S/C27H31NO4/c29-27(24-15-12-18-28-21-24)31-20-11-4-2-1-3-10-19-30-25-16-8-9-17-26(25)32-22-23-13-6-5-7-14-23/h5-9,12-18,21H,1-4,10-11,19-20,22H2. The van der Waals surface area contributed by atoms with E-state index < -0.39 is 0 Å². The third kappa shape index (κ3) is 8.42. The highest BCUT2D eigenvalue weighted by atomic mass is 16.5. The van der Waals surface area contributed by atoms with Gasteiger partial charge in [-0.1, -0.05) is 68.1 Å². The third-order valence-electron chi connectivity index (χ3n) is 5.01. The predicted octanol–water partition coefficient (Wildman–Crippen LogP) is 6.24. The van der Waals surface area contributed by atoms with Crippen molar-refractivity contribution in [3.63, 3.8) is 0 Å². The van der Waals surface area contributed by atoms with Crippen LogP contribution in [0.25, 0.3) is 0 Å². The second-order valence-corrected chi connectivity index (χ2v) is 7.57. The van der Waals surface area contributed by atoms with E-state index in [0.717, 1.165) is 55.6 Å². The maximum Gasteiger partial charge on any atom is 0.339 e. The molecule has 0 radical (unpaired) electrons. The average Bonchev–Trinajstić information content (AvgIpc) is 2.85. The average molecular weight is 434 g/mol. The SMILES string of the molecule is O=C(OCCCCCCCCOc1ccccc1OCc1ccccc1)c1cccnc1. The van der Waals surface area contributed by atoms with Gasteiger partial charge >= 0.3 is 5.97 Å². The maximum absolute atomic E-state index is 11.8. The molecule has 0 saturated carbocycles. The van der Waals surface area contributed by atoms with E-state index in [4.69, 9.17) is 14.2 Å². The van der Waals surface area contributed by atoms with Crippen LogP contribution in [0.5, 0.6) is 11.5 Å². The lowest BCUT2D eigenvalue weighted by molar-refractivity contribution is 0.0497. The van der Waals surface area contributed by atoms with E-state index in [9.17, 15) is 4.79 Å². The molecular formula is C27H31NO4. The monoisotopic (exact) mass is 433 g/mol. The van der Waals surface area contributed by atoms with E-state index in [0.29, 0.717) is 25.4 Å². The molecular weight excluding hydrogens is 402 g/mol. The number of aromatic nitrogens is 1. The number of rotatable bonds is 14. The first-order valence-electron chi connectivity index (χ1n) is 11.3. The van der Waals surface area contributed by atoms with E-state index in [1.165, 1.54) is 6.20 Å². The minimum absolute atomic E-state index is 0.303. The zero-order valence-corrected chi connectivity index (χ0v) is 18.4. The fraction of sp³-hybridized carbons (Fsp3) is 0.333. The summed E-state index contributed by atoms with van der Waals surface area (Å²) < 4.78 is 17.2. The fourth-order valence-electron chi connectivity index (χ4n) is 3.25. The van der Waals surface area contributed by atoms with Crippen LogP contribution in [-0.4, -0.2) is 24.2 Å². The van der Waals surface area contributed by atoms with Crippen LogP contribution < -0.4 is 9.47 Å². The Bertz CT molecular complexity index is 915. The second kappa shape index (κ2) is 13.9. The lowest BCUT2D eigenvalue weighted by Gasteiger charge is -2.12. The lowest BCUT2D eigenvalue weighted by atomic mass is 10.1. The molecule has 0 aliphatic carbocycles. The van der Waals surface area contributed by atoms with Crippen molar-refractivity contribution in [1.82, 2.24) is 4.98 Å². The van der Waals surface area contributed by atoms with Gasteiger partial charge in [0, 0.05) is 12.4 Å². The third-order valence-corrected chi connectivity index (χ3v) is 5.01. The van der Waals surface area contributed by atoms with Gasteiger partial charge in [-0.25, -0.2) is 4.79 Å². The van der Waals surface area contributed by atoms with Crippen molar-refractivity contribution < 1.29 is 19.0 Å². The normalized spacial score (nSPS) is 10.5. The fourth-order valence-corrected chi connectivity index (χ4v) is 3.25. The number of carbonyl (C=O) groups excluding carboxylic acids is 1. The molecule has 3 rings (SSSR count). The first-order chi connectivity index (χ1) is 15.8. The highest BCUT2D eigenvalue weighted by Crippen LogP contribution is 2.27. The molecule has 0 amide bonds. The van der Waals surface area contributed by atoms with Gasteiger partial charge in [-0.3, -0.25) is 4.98 Å². The number of pyridine rings is 1. The number of ether oxygens (including phenoxy) is 3. The van der Waals surface area contributed by atoms with E-state index >= 15 is 0 Å². The van der Waals surface area contributed by atoms with E-state index in [1.807, 2.05) is 54.6 Å². The van der Waals surface area contributed by atoms with Crippen molar-refractivity contribution in [1.29, 1.82) is 0 Å². The number of para-hydroxylation sites is 2. The highest BCUT2D eigenvalue weighted by Gasteiger charge is 2.06. The van der Waals surface area contributed by atoms with Crippen LogP contribution in [-0.2, 0) is 11.3 Å². The summed E-state index contributed by atoms with van der Waals surface area (Å²) in [4.78, 5) is 15.7. The molecule has 1 heterocycles. The Morgan fingerprint density at radius 3 is 2.06 bits per heavy atom. The summed E-state index contributed by atoms with van der Waals surface area (Å²) in [5.41, 5.74) is 1.63. The Morgan fingerprint density at radius 2 is 1.34 bits per heavy atom. The molecule has 5 heteroatoms. The summed E-state index contributed by atoms with van der Waals surface area (Å²) >= 11 is 0. The molecule has 168 valence electrons. The molecule has 0 spiro atoms. The Labute approximate surface area is 190 Å². The van der Waals surface area contributed by atoms with Crippen LogP contribution >= 0.6 is 0 Å². The number of nitrogens with zero attached hydrogens (tertiary/aromatic N) is 1. The van der Waals surface area contributed by atoms with Crippen molar-refractivity contribution in [3.8, 4) is 11.5 Å². The van der Waals surface area contributed by atoms with Crippen molar-refractivity contribution in [3.05, 3.63) is 90.3 Å². The first-order valence-corrected chi connectivity index (χ1v) is 11.3. The second-order valence-electron chi connectivity index (χ2n) is 7.57. The Kier molecular flexibility index (Phi) is 10.1. The minimum Gasteiger partial charge on any atom is -0.490 e. The van der Waals surface area contributed by atoms with Gasteiger partial charge in [-0.15, -0.1) is 0 Å². The quantitative estimate of drug-likeness (QED) is 0.223. The van der Waals surface area contributed by atoms with Crippen LogP contribution in [0.4, 0.5) is 0 Å². The molecule has 0 atom stereocenters. The lowest BCUT2D eigenvalue weighted by Crippen LogP contribution is -2.06. The number of benzene rings is 2. The maximum atomic E-state index is 11.8. The molecule has 5 nitrogen and oxygen atoms in total. The minimum atomic E-state index is -0.303. The summed E-state index contributed by atoms with van der Waals surface area (Å²) in [7, 11) is 0. The molecule has 0 N–H and O–H groups in total. The van der Waals surface area contributed by atoms with Crippen molar-refractivity contribution in [2.75, 3.05) is 13.2 Å². The smallest absolute Gasteiger partial charge is 0.339 e. The van der Waals surface area contributed by atoms with Crippen molar-refractivity contribution >= 4 is 5.97 Å². The van der Waals surface area contributed by atoms with Crippen LogP contribution in [0.3, 0.4) is 0 Å². The summed E-state index contributed by atoms with van der Waals surface area (Å²) in [6.45, 7) is 1.66. The van der Waals surface area contributed by atoms with E-state index in [2.05, 4.69) is 4.98 Å². The van der Waals surface area contributed by atoms with E-state index in [1.54, 1.807) is 18.3 Å². The Balaban J connectivity index is 1.22. The molecule has 1 aromatic heterocycles. The van der Waals surface area contributed by atoms with Gasteiger partial charge < -0.3 is 14.2 Å². The van der Waals surface area contributed by atoms with Crippen LogP contribution in [0.1, 0.15) is 54.4 Å². The van der Waals surface area contributed by atoms with Gasteiger partial charge in [0.1, 0.15) is 6.61 Å². The molecule has 0 aliphatic heterocycles. The Hall–Kier alpha value is -3.34. The van der Waals surface area contributed by atoms with Crippen LogP contribution in [0, 0.1) is 0 Å². The van der Waals surface area contributed by atoms with Gasteiger partial charge in [0.25, 0.3) is 0 Å². The number of hydrogen-bond donors (Lipinski definition) is 0. The van der Waals surface area contributed by atoms with Gasteiger partial charge in [-0.05, 0) is 42.7 Å². The van der Waals surface area contributed by atoms with Crippen LogP contribution in [0.2, 0.25) is 0 Å². The highest BCUT2D eigenvalue weighted by molar-refractivity contribution is 5.88. The van der Waals surface area contributed by atoms with Gasteiger partial charge in [0.15, 0.2) is 11.5 Å². The first kappa shape index (κ1) is 23.3. The van der Waals surface area contributed by atoms with Crippen molar-refractivity contribution in [2.45, 2.75) is 45.1 Å². The number of hydrogen-bond acceptors (Lipinski definition) is 5.